The number of aryl methyl sites for hydroxylation is 1. The van der Waals surface area contributed by atoms with E-state index in [0.717, 1.165) is 0 Å². The maximum Gasteiger partial charge on any atom is 0.306 e. The van der Waals surface area contributed by atoms with Gasteiger partial charge in [0.1, 0.15) is 0 Å². The van der Waals surface area contributed by atoms with Crippen LogP contribution in [0.5, 0.6) is 0 Å². The predicted octanol–water partition coefficient (Wildman–Crippen LogP) is 0.808. The van der Waals surface area contributed by atoms with Crippen LogP contribution < -0.4 is 5.56 Å². The number of carbonyl (C=O) groups is 2. The third-order valence-electron chi connectivity index (χ3n) is 4.04. The Bertz CT molecular complexity index is 581. The number of carbonyl (C=O) groups excluding carboxylic acids is 1. The van der Waals surface area contributed by atoms with E-state index in [2.05, 4.69) is 0 Å². The summed E-state index contributed by atoms with van der Waals surface area (Å²) < 4.78 is 1.51. The van der Waals surface area contributed by atoms with E-state index in [0.29, 0.717) is 26.1 Å². The van der Waals surface area contributed by atoms with Crippen molar-refractivity contribution in [2.45, 2.75) is 26.3 Å². The van der Waals surface area contributed by atoms with Gasteiger partial charge in [-0.1, -0.05) is 13.0 Å². The van der Waals surface area contributed by atoms with E-state index >= 15 is 0 Å². The lowest BCUT2D eigenvalue weighted by Gasteiger charge is -2.35. The van der Waals surface area contributed by atoms with E-state index in [1.807, 2.05) is 6.92 Å². The molecule has 1 N–H and O–H groups in total. The SMILES string of the molecule is C[C@@H]1CN(C(=O)CCn2ccccc2=O)CC[C@@H]1C(=O)O. The van der Waals surface area contributed by atoms with Crippen LogP contribution >= 0.6 is 0 Å². The topological polar surface area (TPSA) is 79.6 Å². The third kappa shape index (κ3) is 3.71. The second kappa shape index (κ2) is 6.56. The first-order valence-corrected chi connectivity index (χ1v) is 7.15. The molecule has 0 spiro atoms. The fourth-order valence-corrected chi connectivity index (χ4v) is 2.76. The van der Waals surface area contributed by atoms with E-state index in [9.17, 15) is 14.4 Å². The number of nitrogens with zero attached hydrogens (tertiary/aromatic N) is 2. The number of rotatable bonds is 4. The number of aromatic nitrogens is 1. The van der Waals surface area contributed by atoms with E-state index in [1.165, 1.54) is 10.6 Å². The van der Waals surface area contributed by atoms with Crippen molar-refractivity contribution in [2.75, 3.05) is 13.1 Å². The number of carboxylic acid groups (broad SMARTS) is 1. The van der Waals surface area contributed by atoms with Crippen LogP contribution in [0, 0.1) is 11.8 Å². The molecule has 0 bridgehead atoms. The van der Waals surface area contributed by atoms with E-state index in [4.69, 9.17) is 5.11 Å². The zero-order valence-electron chi connectivity index (χ0n) is 12.1. The predicted molar refractivity (Wildman–Crippen MR) is 76.8 cm³/mol. The summed E-state index contributed by atoms with van der Waals surface area (Å²) in [4.78, 5) is 36.5. The van der Waals surface area contributed by atoms with Crippen molar-refractivity contribution in [3.8, 4) is 0 Å². The maximum absolute atomic E-state index is 12.2. The normalized spacial score (nSPS) is 22.0. The van der Waals surface area contributed by atoms with E-state index in [1.54, 1.807) is 23.2 Å². The maximum atomic E-state index is 12.2. The minimum Gasteiger partial charge on any atom is -0.481 e. The lowest BCUT2D eigenvalue weighted by molar-refractivity contribution is -0.148. The molecule has 21 heavy (non-hydrogen) atoms. The van der Waals surface area contributed by atoms with Crippen molar-refractivity contribution in [1.82, 2.24) is 9.47 Å². The molecule has 6 heteroatoms. The van der Waals surface area contributed by atoms with Gasteiger partial charge in [-0.3, -0.25) is 14.4 Å². The van der Waals surface area contributed by atoms with Crippen molar-refractivity contribution in [2.24, 2.45) is 11.8 Å². The number of hydrogen-bond donors (Lipinski definition) is 1. The fourth-order valence-electron chi connectivity index (χ4n) is 2.76. The minimum absolute atomic E-state index is 0.0264. The Morgan fingerprint density at radius 2 is 2.14 bits per heavy atom. The lowest BCUT2D eigenvalue weighted by Crippen LogP contribution is -2.45. The molecule has 2 rings (SSSR count). The first-order valence-electron chi connectivity index (χ1n) is 7.15. The summed E-state index contributed by atoms with van der Waals surface area (Å²) in [6, 6.07) is 4.89. The fraction of sp³-hybridized carbons (Fsp3) is 0.533. The van der Waals surface area contributed by atoms with Gasteiger partial charge in [0, 0.05) is 38.3 Å². The zero-order valence-corrected chi connectivity index (χ0v) is 12.1. The Morgan fingerprint density at radius 1 is 1.38 bits per heavy atom. The molecular formula is C15H20N2O4. The Balaban J connectivity index is 1.89. The van der Waals surface area contributed by atoms with E-state index < -0.39 is 5.97 Å². The largest absolute Gasteiger partial charge is 0.481 e. The standard InChI is InChI=1S/C15H20N2O4/c1-11-10-17(8-5-12(11)15(20)21)14(19)6-9-16-7-3-2-4-13(16)18/h2-4,7,11-12H,5-6,8-10H2,1H3,(H,20,21)/t11-,12+/m1/s1. The molecule has 0 aromatic carbocycles. The number of carboxylic acids is 1. The van der Waals surface area contributed by atoms with Crippen molar-refractivity contribution < 1.29 is 14.7 Å². The Labute approximate surface area is 123 Å². The van der Waals surface area contributed by atoms with Crippen LogP contribution in [-0.2, 0) is 16.1 Å². The quantitative estimate of drug-likeness (QED) is 0.890. The summed E-state index contributed by atoms with van der Waals surface area (Å²) in [5, 5.41) is 9.07. The number of hydrogen-bond acceptors (Lipinski definition) is 3. The third-order valence-corrected chi connectivity index (χ3v) is 4.04. The molecule has 1 aliphatic heterocycles. The highest BCUT2D eigenvalue weighted by Gasteiger charge is 2.32. The van der Waals surface area contributed by atoms with Crippen molar-refractivity contribution in [3.05, 3.63) is 34.7 Å². The molecule has 0 unspecified atom stereocenters. The second-order valence-corrected chi connectivity index (χ2v) is 5.53. The Hall–Kier alpha value is -2.11. The number of likely N-dealkylation sites (tertiary alicyclic amines) is 1. The van der Waals surface area contributed by atoms with Gasteiger partial charge in [0.25, 0.3) is 5.56 Å². The summed E-state index contributed by atoms with van der Waals surface area (Å²) >= 11 is 0. The molecule has 1 fully saturated rings. The Kier molecular flexibility index (Phi) is 4.77. The summed E-state index contributed by atoms with van der Waals surface area (Å²) in [7, 11) is 0. The number of aliphatic carboxylic acids is 1. The van der Waals surface area contributed by atoms with Gasteiger partial charge in [0.2, 0.25) is 5.91 Å². The van der Waals surface area contributed by atoms with E-state index in [-0.39, 0.29) is 29.7 Å². The average Bonchev–Trinajstić information content (AvgIpc) is 2.45. The van der Waals surface area contributed by atoms with Crippen LogP contribution in [0.1, 0.15) is 19.8 Å². The molecule has 1 saturated heterocycles. The highest BCUT2D eigenvalue weighted by Crippen LogP contribution is 2.23. The van der Waals surface area contributed by atoms with Crippen molar-refractivity contribution in [1.29, 1.82) is 0 Å². The monoisotopic (exact) mass is 292 g/mol. The van der Waals surface area contributed by atoms with Crippen LogP contribution in [0.25, 0.3) is 0 Å². The highest BCUT2D eigenvalue weighted by molar-refractivity contribution is 5.77. The van der Waals surface area contributed by atoms with Gasteiger partial charge in [-0.2, -0.15) is 0 Å². The first-order chi connectivity index (χ1) is 9.99. The van der Waals surface area contributed by atoms with Gasteiger partial charge in [0.05, 0.1) is 5.92 Å². The molecule has 2 atom stereocenters. The molecule has 0 radical (unpaired) electrons. The van der Waals surface area contributed by atoms with Gasteiger partial charge < -0.3 is 14.6 Å². The highest BCUT2D eigenvalue weighted by atomic mass is 16.4. The molecular weight excluding hydrogens is 272 g/mol. The smallest absolute Gasteiger partial charge is 0.306 e. The zero-order chi connectivity index (χ0) is 15.4. The van der Waals surface area contributed by atoms with Crippen LogP contribution in [0.2, 0.25) is 0 Å². The molecule has 6 nitrogen and oxygen atoms in total. The summed E-state index contributed by atoms with van der Waals surface area (Å²) in [5.74, 6) is -1.22. The summed E-state index contributed by atoms with van der Waals surface area (Å²) in [5.41, 5.74) is -0.122. The molecule has 114 valence electrons. The molecule has 0 saturated carbocycles. The van der Waals surface area contributed by atoms with Gasteiger partial charge in [-0.15, -0.1) is 0 Å². The second-order valence-electron chi connectivity index (χ2n) is 5.53. The minimum atomic E-state index is -0.787. The summed E-state index contributed by atoms with van der Waals surface area (Å²) in [6.07, 6.45) is 2.41. The lowest BCUT2D eigenvalue weighted by atomic mass is 9.87. The molecule has 1 aromatic heterocycles. The van der Waals surface area contributed by atoms with Crippen LogP contribution in [-0.4, -0.2) is 39.5 Å². The van der Waals surface area contributed by atoms with Crippen LogP contribution in [0.4, 0.5) is 0 Å². The molecule has 1 amide bonds. The van der Waals surface area contributed by atoms with Crippen molar-refractivity contribution >= 4 is 11.9 Å². The molecule has 1 aliphatic rings. The first kappa shape index (κ1) is 15.3. The number of piperidine rings is 1. The van der Waals surface area contributed by atoms with Gasteiger partial charge in [-0.25, -0.2) is 0 Å². The van der Waals surface area contributed by atoms with Gasteiger partial charge in [-0.05, 0) is 18.4 Å². The molecule has 2 heterocycles. The molecule has 1 aromatic rings. The van der Waals surface area contributed by atoms with Gasteiger partial charge in [0.15, 0.2) is 0 Å². The van der Waals surface area contributed by atoms with Crippen LogP contribution in [0.15, 0.2) is 29.2 Å². The number of amides is 1. The average molecular weight is 292 g/mol. The number of pyridine rings is 1. The van der Waals surface area contributed by atoms with Gasteiger partial charge >= 0.3 is 5.97 Å². The van der Waals surface area contributed by atoms with Crippen molar-refractivity contribution in [3.63, 3.8) is 0 Å². The Morgan fingerprint density at radius 3 is 2.76 bits per heavy atom. The van der Waals surface area contributed by atoms with Crippen LogP contribution in [0.3, 0.4) is 0 Å². The summed E-state index contributed by atoms with van der Waals surface area (Å²) in [6.45, 7) is 3.16. The molecule has 0 aliphatic carbocycles.